The molecule has 0 aliphatic carbocycles. The standard InChI is InChI=1S/C15H23BrN2O/c1-3-14(17)15(12-5-4-6-13(16)9-12)18-7-8-19-11(2)10-18/h4-6,9,11,14-15H,3,7-8,10,17H2,1-2H3. The summed E-state index contributed by atoms with van der Waals surface area (Å²) >= 11 is 3.55. The van der Waals surface area contributed by atoms with Crippen molar-refractivity contribution in [2.45, 2.75) is 38.5 Å². The van der Waals surface area contributed by atoms with Gasteiger partial charge in [-0.05, 0) is 31.0 Å². The zero-order chi connectivity index (χ0) is 13.8. The summed E-state index contributed by atoms with van der Waals surface area (Å²) in [4.78, 5) is 2.46. The molecule has 2 rings (SSSR count). The van der Waals surface area contributed by atoms with Crippen LogP contribution in [0.1, 0.15) is 31.9 Å². The van der Waals surface area contributed by atoms with E-state index in [1.807, 2.05) is 0 Å². The van der Waals surface area contributed by atoms with Crippen molar-refractivity contribution in [1.82, 2.24) is 4.90 Å². The molecule has 0 saturated carbocycles. The maximum absolute atomic E-state index is 6.38. The van der Waals surface area contributed by atoms with Crippen molar-refractivity contribution in [1.29, 1.82) is 0 Å². The number of rotatable bonds is 4. The van der Waals surface area contributed by atoms with E-state index in [4.69, 9.17) is 10.5 Å². The topological polar surface area (TPSA) is 38.5 Å². The van der Waals surface area contributed by atoms with E-state index in [0.717, 1.165) is 30.6 Å². The van der Waals surface area contributed by atoms with E-state index in [1.54, 1.807) is 0 Å². The SMILES string of the molecule is CCC(N)C(c1cccc(Br)c1)N1CCOC(C)C1. The third kappa shape index (κ3) is 3.78. The highest BCUT2D eigenvalue weighted by molar-refractivity contribution is 9.10. The van der Waals surface area contributed by atoms with E-state index in [0.29, 0.717) is 0 Å². The fraction of sp³-hybridized carbons (Fsp3) is 0.600. The van der Waals surface area contributed by atoms with Crippen LogP contribution >= 0.6 is 15.9 Å². The zero-order valence-corrected chi connectivity index (χ0v) is 13.3. The Morgan fingerprint density at radius 1 is 1.53 bits per heavy atom. The van der Waals surface area contributed by atoms with Gasteiger partial charge in [-0.3, -0.25) is 4.90 Å². The average Bonchev–Trinajstić information content (AvgIpc) is 2.39. The van der Waals surface area contributed by atoms with Crippen LogP contribution in [-0.4, -0.2) is 36.7 Å². The number of ether oxygens (including phenoxy) is 1. The van der Waals surface area contributed by atoms with Crippen LogP contribution < -0.4 is 5.73 Å². The lowest BCUT2D eigenvalue weighted by molar-refractivity contribution is -0.0386. The van der Waals surface area contributed by atoms with E-state index in [9.17, 15) is 0 Å². The number of morpholine rings is 1. The highest BCUT2D eigenvalue weighted by atomic mass is 79.9. The Hall–Kier alpha value is -0.420. The summed E-state index contributed by atoms with van der Waals surface area (Å²) in [6, 6.07) is 8.91. The maximum atomic E-state index is 6.38. The van der Waals surface area contributed by atoms with Gasteiger partial charge in [0.2, 0.25) is 0 Å². The minimum absolute atomic E-state index is 0.152. The quantitative estimate of drug-likeness (QED) is 0.924. The molecule has 19 heavy (non-hydrogen) atoms. The summed E-state index contributed by atoms with van der Waals surface area (Å²) in [6.07, 6.45) is 1.26. The second kappa shape index (κ2) is 6.84. The van der Waals surface area contributed by atoms with Crippen molar-refractivity contribution in [2.24, 2.45) is 5.73 Å². The molecule has 0 aromatic heterocycles. The summed E-state index contributed by atoms with van der Waals surface area (Å²) < 4.78 is 6.75. The predicted octanol–water partition coefficient (Wildman–Crippen LogP) is 2.95. The van der Waals surface area contributed by atoms with Crippen LogP contribution in [0.25, 0.3) is 0 Å². The van der Waals surface area contributed by atoms with Gasteiger partial charge in [-0.15, -0.1) is 0 Å². The first kappa shape index (κ1) is 15.0. The Labute approximate surface area is 124 Å². The van der Waals surface area contributed by atoms with Crippen LogP contribution in [0.4, 0.5) is 0 Å². The fourth-order valence-electron chi connectivity index (χ4n) is 2.74. The highest BCUT2D eigenvalue weighted by Gasteiger charge is 2.29. The molecule has 3 unspecified atom stereocenters. The van der Waals surface area contributed by atoms with Gasteiger partial charge in [0.1, 0.15) is 0 Å². The van der Waals surface area contributed by atoms with Crippen molar-refractivity contribution in [2.75, 3.05) is 19.7 Å². The van der Waals surface area contributed by atoms with Gasteiger partial charge in [-0.1, -0.05) is 35.0 Å². The minimum Gasteiger partial charge on any atom is -0.376 e. The molecule has 1 aromatic rings. The lowest BCUT2D eigenvalue weighted by atomic mass is 9.95. The number of nitrogens with zero attached hydrogens (tertiary/aromatic N) is 1. The van der Waals surface area contributed by atoms with Crippen molar-refractivity contribution < 1.29 is 4.74 Å². The molecule has 0 bridgehead atoms. The lowest BCUT2D eigenvalue weighted by Crippen LogP contribution is -2.48. The Morgan fingerprint density at radius 2 is 2.32 bits per heavy atom. The molecule has 1 saturated heterocycles. The van der Waals surface area contributed by atoms with Crippen LogP contribution in [0.15, 0.2) is 28.7 Å². The van der Waals surface area contributed by atoms with Crippen molar-refractivity contribution in [3.63, 3.8) is 0 Å². The number of hydrogen-bond donors (Lipinski definition) is 1. The molecular weight excluding hydrogens is 304 g/mol. The van der Waals surface area contributed by atoms with Gasteiger partial charge in [0.15, 0.2) is 0 Å². The molecule has 3 nitrogen and oxygen atoms in total. The molecule has 3 atom stereocenters. The Kier molecular flexibility index (Phi) is 5.39. The molecule has 1 aromatic carbocycles. The zero-order valence-electron chi connectivity index (χ0n) is 11.7. The van der Waals surface area contributed by atoms with Crippen LogP contribution in [-0.2, 0) is 4.74 Å². The van der Waals surface area contributed by atoms with E-state index in [2.05, 4.69) is 58.9 Å². The van der Waals surface area contributed by atoms with Gasteiger partial charge in [-0.2, -0.15) is 0 Å². The van der Waals surface area contributed by atoms with Gasteiger partial charge >= 0.3 is 0 Å². The summed E-state index contributed by atoms with van der Waals surface area (Å²) in [5.74, 6) is 0. The number of hydrogen-bond acceptors (Lipinski definition) is 3. The van der Waals surface area contributed by atoms with Crippen LogP contribution in [0.5, 0.6) is 0 Å². The molecular formula is C15H23BrN2O. The second-order valence-corrected chi connectivity index (χ2v) is 6.16. The minimum atomic E-state index is 0.152. The van der Waals surface area contributed by atoms with Crippen molar-refractivity contribution in [3.8, 4) is 0 Å². The second-order valence-electron chi connectivity index (χ2n) is 5.25. The molecule has 1 fully saturated rings. The Bertz CT molecular complexity index is 413. The normalized spacial score (nSPS) is 24.1. The largest absolute Gasteiger partial charge is 0.376 e. The van der Waals surface area contributed by atoms with Crippen LogP contribution in [0, 0.1) is 0 Å². The summed E-state index contributed by atoms with van der Waals surface area (Å²) in [6.45, 7) is 6.98. The maximum Gasteiger partial charge on any atom is 0.0674 e. The number of benzene rings is 1. The van der Waals surface area contributed by atoms with Crippen molar-refractivity contribution in [3.05, 3.63) is 34.3 Å². The van der Waals surface area contributed by atoms with Crippen LogP contribution in [0.3, 0.4) is 0 Å². The monoisotopic (exact) mass is 326 g/mol. The Morgan fingerprint density at radius 3 is 2.95 bits per heavy atom. The van der Waals surface area contributed by atoms with E-state index in [-0.39, 0.29) is 18.2 Å². The first-order valence-electron chi connectivity index (χ1n) is 6.98. The summed E-state index contributed by atoms with van der Waals surface area (Å²) in [5, 5.41) is 0. The first-order chi connectivity index (χ1) is 9.11. The molecule has 1 heterocycles. The molecule has 1 aliphatic heterocycles. The van der Waals surface area contributed by atoms with Crippen LogP contribution in [0.2, 0.25) is 0 Å². The molecule has 4 heteroatoms. The lowest BCUT2D eigenvalue weighted by Gasteiger charge is -2.40. The smallest absolute Gasteiger partial charge is 0.0674 e. The van der Waals surface area contributed by atoms with Gasteiger partial charge in [0.05, 0.1) is 18.8 Å². The van der Waals surface area contributed by atoms with Crippen molar-refractivity contribution >= 4 is 15.9 Å². The Balaban J connectivity index is 2.25. The van der Waals surface area contributed by atoms with Gasteiger partial charge in [-0.25, -0.2) is 0 Å². The van der Waals surface area contributed by atoms with E-state index < -0.39 is 0 Å². The molecule has 106 valence electrons. The fourth-order valence-corrected chi connectivity index (χ4v) is 3.16. The van der Waals surface area contributed by atoms with E-state index in [1.165, 1.54) is 5.56 Å². The highest BCUT2D eigenvalue weighted by Crippen LogP contribution is 2.28. The molecule has 2 N–H and O–H groups in total. The molecule has 0 amide bonds. The number of halogens is 1. The summed E-state index contributed by atoms with van der Waals surface area (Å²) in [5.41, 5.74) is 7.67. The first-order valence-corrected chi connectivity index (χ1v) is 7.77. The third-order valence-electron chi connectivity index (χ3n) is 3.73. The molecule has 1 aliphatic rings. The predicted molar refractivity (Wildman–Crippen MR) is 82.1 cm³/mol. The van der Waals surface area contributed by atoms with Gasteiger partial charge in [0.25, 0.3) is 0 Å². The average molecular weight is 327 g/mol. The third-order valence-corrected chi connectivity index (χ3v) is 4.23. The van der Waals surface area contributed by atoms with Gasteiger partial charge < -0.3 is 10.5 Å². The number of nitrogens with two attached hydrogens (primary N) is 1. The summed E-state index contributed by atoms with van der Waals surface area (Å²) in [7, 11) is 0. The van der Waals surface area contributed by atoms with E-state index >= 15 is 0 Å². The molecule has 0 spiro atoms. The molecule has 0 radical (unpaired) electrons. The van der Waals surface area contributed by atoms with Gasteiger partial charge in [0, 0.05) is 23.6 Å².